The van der Waals surface area contributed by atoms with Crippen molar-refractivity contribution in [1.82, 2.24) is 0 Å². The van der Waals surface area contributed by atoms with Crippen LogP contribution in [-0.4, -0.2) is 32.7 Å². The van der Waals surface area contributed by atoms with Crippen LogP contribution in [0.2, 0.25) is 0 Å². The first-order valence-corrected chi connectivity index (χ1v) is 8.19. The molecule has 2 aromatic rings. The Morgan fingerprint density at radius 1 is 1.08 bits per heavy atom. The molecule has 2 rings (SSSR count). The summed E-state index contributed by atoms with van der Waals surface area (Å²) in [5, 5.41) is 2.67. The van der Waals surface area contributed by atoms with Gasteiger partial charge >= 0.3 is 5.97 Å². The molecule has 1 N–H and O–H groups in total. The van der Waals surface area contributed by atoms with Gasteiger partial charge < -0.3 is 19.5 Å². The van der Waals surface area contributed by atoms with E-state index in [2.05, 4.69) is 21.2 Å². The molecule has 0 aliphatic carbocycles. The lowest BCUT2D eigenvalue weighted by atomic mass is 10.2. The van der Waals surface area contributed by atoms with Crippen LogP contribution in [0.3, 0.4) is 0 Å². The minimum absolute atomic E-state index is 0.217. The van der Waals surface area contributed by atoms with Gasteiger partial charge in [0.15, 0.2) is 6.61 Å². The summed E-state index contributed by atoms with van der Waals surface area (Å²) in [6.45, 7) is 1.54. The zero-order chi connectivity index (χ0) is 18.4. The molecule has 0 saturated heterocycles. The molecular formula is C18H18BrNO5. The molecule has 0 saturated carbocycles. The highest BCUT2D eigenvalue weighted by molar-refractivity contribution is 9.10. The summed E-state index contributed by atoms with van der Waals surface area (Å²) >= 11 is 3.40. The summed E-state index contributed by atoms with van der Waals surface area (Å²) in [4.78, 5) is 24.1. The molecule has 0 aromatic heterocycles. The maximum atomic E-state index is 12.1. The summed E-state index contributed by atoms with van der Waals surface area (Å²) in [5.41, 5.74) is 1.88. The van der Waals surface area contributed by atoms with Crippen LogP contribution in [-0.2, 0) is 9.53 Å². The van der Waals surface area contributed by atoms with Crippen LogP contribution in [0, 0.1) is 6.92 Å². The average molecular weight is 408 g/mol. The van der Waals surface area contributed by atoms with Crippen molar-refractivity contribution in [2.45, 2.75) is 6.92 Å². The van der Waals surface area contributed by atoms with Crippen molar-refractivity contribution in [1.29, 1.82) is 0 Å². The van der Waals surface area contributed by atoms with E-state index in [1.807, 2.05) is 13.0 Å². The van der Waals surface area contributed by atoms with Crippen LogP contribution >= 0.6 is 15.9 Å². The van der Waals surface area contributed by atoms with Gasteiger partial charge in [-0.05, 0) is 36.8 Å². The first-order valence-electron chi connectivity index (χ1n) is 7.39. The molecule has 25 heavy (non-hydrogen) atoms. The maximum Gasteiger partial charge on any atom is 0.342 e. The number of hydrogen-bond donors (Lipinski definition) is 1. The van der Waals surface area contributed by atoms with Gasteiger partial charge in [-0.2, -0.15) is 0 Å². The number of hydrogen-bond acceptors (Lipinski definition) is 5. The van der Waals surface area contributed by atoms with Crippen LogP contribution in [0.1, 0.15) is 15.9 Å². The molecule has 0 unspecified atom stereocenters. The maximum absolute atomic E-state index is 12.1. The Bertz CT molecular complexity index is 791. The molecular weight excluding hydrogens is 390 g/mol. The van der Waals surface area contributed by atoms with E-state index in [-0.39, 0.29) is 5.56 Å². The molecule has 0 atom stereocenters. The number of amides is 1. The van der Waals surface area contributed by atoms with Gasteiger partial charge in [0.05, 0.1) is 14.2 Å². The monoisotopic (exact) mass is 407 g/mol. The van der Waals surface area contributed by atoms with Crippen LogP contribution in [0.5, 0.6) is 11.5 Å². The molecule has 0 aliphatic rings. The molecule has 0 heterocycles. The third kappa shape index (κ3) is 4.96. The second-order valence-electron chi connectivity index (χ2n) is 5.15. The van der Waals surface area contributed by atoms with Crippen LogP contribution in [0.15, 0.2) is 40.9 Å². The fourth-order valence-corrected chi connectivity index (χ4v) is 2.42. The number of carbonyl (C=O) groups excluding carboxylic acids is 2. The summed E-state index contributed by atoms with van der Waals surface area (Å²) < 4.78 is 16.2. The van der Waals surface area contributed by atoms with Crippen LogP contribution < -0.4 is 14.8 Å². The largest absolute Gasteiger partial charge is 0.497 e. The number of anilines is 1. The fraction of sp³-hybridized carbons (Fsp3) is 0.222. The Balaban J connectivity index is 1.97. The molecule has 0 spiro atoms. The lowest BCUT2D eigenvalue weighted by molar-refractivity contribution is -0.119. The third-order valence-electron chi connectivity index (χ3n) is 3.42. The zero-order valence-corrected chi connectivity index (χ0v) is 15.7. The topological polar surface area (TPSA) is 73.9 Å². The lowest BCUT2D eigenvalue weighted by Crippen LogP contribution is -2.21. The number of halogens is 1. The van der Waals surface area contributed by atoms with Gasteiger partial charge in [-0.15, -0.1) is 0 Å². The van der Waals surface area contributed by atoms with Crippen molar-refractivity contribution in [3.05, 3.63) is 52.0 Å². The normalized spacial score (nSPS) is 10.1. The summed E-state index contributed by atoms with van der Waals surface area (Å²) in [7, 11) is 2.95. The predicted molar refractivity (Wildman–Crippen MR) is 97.3 cm³/mol. The minimum Gasteiger partial charge on any atom is -0.497 e. The molecule has 0 aliphatic heterocycles. The van der Waals surface area contributed by atoms with E-state index in [0.29, 0.717) is 17.2 Å². The first-order chi connectivity index (χ1) is 11.9. The van der Waals surface area contributed by atoms with E-state index >= 15 is 0 Å². The zero-order valence-electron chi connectivity index (χ0n) is 14.1. The number of esters is 1. The van der Waals surface area contributed by atoms with Crippen LogP contribution in [0.4, 0.5) is 5.69 Å². The van der Waals surface area contributed by atoms with E-state index in [0.717, 1.165) is 10.0 Å². The van der Waals surface area contributed by atoms with Crippen molar-refractivity contribution in [3.8, 4) is 11.5 Å². The molecule has 2 aromatic carbocycles. The number of aryl methyl sites for hydroxylation is 1. The van der Waals surface area contributed by atoms with Gasteiger partial charge in [0.25, 0.3) is 5.91 Å². The van der Waals surface area contributed by atoms with Crippen molar-refractivity contribution in [2.75, 3.05) is 26.1 Å². The third-order valence-corrected chi connectivity index (χ3v) is 4.27. The minimum atomic E-state index is -0.653. The Morgan fingerprint density at radius 3 is 2.48 bits per heavy atom. The standard InChI is InChI=1S/C18H18BrNO5/c1-11-4-5-12(8-15(11)19)20-17(21)10-25-18(22)14-7-6-13(23-2)9-16(14)24-3/h4-9H,10H2,1-3H3,(H,20,21). The Kier molecular flexibility index (Phi) is 6.41. The number of carbonyl (C=O) groups is 2. The first kappa shape index (κ1) is 18.8. The predicted octanol–water partition coefficient (Wildman–Crippen LogP) is 3.57. The van der Waals surface area contributed by atoms with Crippen molar-refractivity contribution in [2.24, 2.45) is 0 Å². The highest BCUT2D eigenvalue weighted by Gasteiger charge is 2.16. The molecule has 0 bridgehead atoms. The SMILES string of the molecule is COc1ccc(C(=O)OCC(=O)Nc2ccc(C)c(Br)c2)c(OC)c1. The molecule has 1 amide bonds. The van der Waals surface area contributed by atoms with E-state index in [9.17, 15) is 9.59 Å². The number of rotatable bonds is 6. The fourth-order valence-electron chi connectivity index (χ4n) is 2.04. The Hall–Kier alpha value is -2.54. The quantitative estimate of drug-likeness (QED) is 0.740. The highest BCUT2D eigenvalue weighted by atomic mass is 79.9. The summed E-state index contributed by atoms with van der Waals surface area (Å²) in [6.07, 6.45) is 0. The Morgan fingerprint density at radius 2 is 1.84 bits per heavy atom. The highest BCUT2D eigenvalue weighted by Crippen LogP contribution is 2.25. The van der Waals surface area contributed by atoms with E-state index < -0.39 is 18.5 Å². The number of nitrogens with one attached hydrogen (secondary N) is 1. The number of methoxy groups -OCH3 is 2. The van der Waals surface area contributed by atoms with Crippen molar-refractivity contribution >= 4 is 33.5 Å². The van der Waals surface area contributed by atoms with Gasteiger partial charge in [0.1, 0.15) is 17.1 Å². The van der Waals surface area contributed by atoms with Gasteiger partial charge in [-0.3, -0.25) is 4.79 Å². The number of ether oxygens (including phenoxy) is 3. The van der Waals surface area contributed by atoms with Gasteiger partial charge in [-0.1, -0.05) is 22.0 Å². The van der Waals surface area contributed by atoms with Gasteiger partial charge in [0, 0.05) is 16.2 Å². The van der Waals surface area contributed by atoms with E-state index in [1.54, 1.807) is 24.3 Å². The number of benzene rings is 2. The average Bonchev–Trinajstić information content (AvgIpc) is 2.62. The lowest BCUT2D eigenvalue weighted by Gasteiger charge is -2.11. The molecule has 6 nitrogen and oxygen atoms in total. The van der Waals surface area contributed by atoms with E-state index in [1.165, 1.54) is 20.3 Å². The Labute approximate surface area is 154 Å². The molecule has 0 radical (unpaired) electrons. The van der Waals surface area contributed by atoms with Crippen molar-refractivity contribution < 1.29 is 23.8 Å². The molecule has 7 heteroatoms. The van der Waals surface area contributed by atoms with Gasteiger partial charge in [0.2, 0.25) is 0 Å². The molecule has 132 valence electrons. The van der Waals surface area contributed by atoms with E-state index in [4.69, 9.17) is 14.2 Å². The van der Waals surface area contributed by atoms with Crippen LogP contribution in [0.25, 0.3) is 0 Å². The summed E-state index contributed by atoms with van der Waals surface area (Å²) in [6, 6.07) is 10.1. The summed E-state index contributed by atoms with van der Waals surface area (Å²) in [5.74, 6) is -0.223. The second kappa shape index (κ2) is 8.53. The smallest absolute Gasteiger partial charge is 0.342 e. The molecule has 0 fully saturated rings. The second-order valence-corrected chi connectivity index (χ2v) is 6.01. The van der Waals surface area contributed by atoms with Crippen molar-refractivity contribution in [3.63, 3.8) is 0 Å². The van der Waals surface area contributed by atoms with Gasteiger partial charge in [-0.25, -0.2) is 4.79 Å².